The number of ether oxygens (including phenoxy) is 1. The molecule has 0 aliphatic heterocycles. The van der Waals surface area contributed by atoms with E-state index in [4.69, 9.17) is 4.74 Å². The molecule has 5 aromatic carbocycles. The minimum atomic E-state index is -4.47. The monoisotopic (exact) mass is 626 g/mol. The minimum Gasteiger partial charge on any atom is -0.489 e. The van der Waals surface area contributed by atoms with E-state index < -0.39 is 17.7 Å². The van der Waals surface area contributed by atoms with E-state index in [2.05, 4.69) is 0 Å². The molecule has 4 nitrogen and oxygen atoms in total. The molecule has 46 heavy (non-hydrogen) atoms. The fourth-order valence-electron chi connectivity index (χ4n) is 5.21. The molecule has 1 N–H and O–H groups in total. The maximum absolute atomic E-state index is 13.3. The fraction of sp³-hybridized carbons (Fsp3) is 0.158. The van der Waals surface area contributed by atoms with Crippen molar-refractivity contribution in [3.8, 4) is 28.0 Å². The van der Waals surface area contributed by atoms with E-state index in [1.54, 1.807) is 60.7 Å². The molecule has 0 aliphatic rings. The van der Waals surface area contributed by atoms with Gasteiger partial charge < -0.3 is 9.84 Å². The summed E-state index contributed by atoms with van der Waals surface area (Å²) < 4.78 is 58.0. The molecule has 8 heteroatoms. The average molecular weight is 627 g/mol. The zero-order valence-corrected chi connectivity index (χ0v) is 25.1. The number of rotatable bonds is 10. The first-order chi connectivity index (χ1) is 21.9. The lowest BCUT2D eigenvalue weighted by Gasteiger charge is -2.18. The van der Waals surface area contributed by atoms with Crippen LogP contribution in [-0.2, 0) is 19.2 Å². The summed E-state index contributed by atoms with van der Waals surface area (Å²) in [6, 6.07) is 28.2. The molecular weight excluding hydrogens is 596 g/mol. The second kappa shape index (κ2) is 13.4. The van der Waals surface area contributed by atoms with Crippen molar-refractivity contribution >= 4 is 11.8 Å². The highest BCUT2D eigenvalue weighted by molar-refractivity contribution is 6.00. The van der Waals surface area contributed by atoms with Crippen molar-refractivity contribution in [1.29, 1.82) is 0 Å². The number of alkyl halides is 3. The first kappa shape index (κ1) is 32.2. The standard InChI is InChI=1S/C38H30F4O4/c1-23(2)33-18-29(19-36(43)28-12-10-25(11-13-28)26-14-16-31(39)17-15-26)35(37(44)45)21-34(33)27-8-6-24(7-9-27)22-46-32-5-3-4-30(20-32)38(40,41)42/h3-18,20-21,23H,19,22H2,1-2H3,(H,44,45). The second-order valence-electron chi connectivity index (χ2n) is 11.3. The topological polar surface area (TPSA) is 63.6 Å². The van der Waals surface area contributed by atoms with Gasteiger partial charge in [0.1, 0.15) is 18.2 Å². The van der Waals surface area contributed by atoms with Crippen LogP contribution in [0.2, 0.25) is 0 Å². The predicted octanol–water partition coefficient (Wildman–Crippen LogP) is 10.0. The third-order valence-corrected chi connectivity index (χ3v) is 7.70. The Labute approximate surface area is 263 Å². The predicted molar refractivity (Wildman–Crippen MR) is 169 cm³/mol. The van der Waals surface area contributed by atoms with Crippen LogP contribution >= 0.6 is 0 Å². The number of aromatic carboxylic acids is 1. The van der Waals surface area contributed by atoms with Crippen LogP contribution in [-0.4, -0.2) is 16.9 Å². The molecule has 234 valence electrons. The molecular formula is C38H30F4O4. The third-order valence-electron chi connectivity index (χ3n) is 7.70. The van der Waals surface area contributed by atoms with Crippen molar-refractivity contribution in [2.75, 3.05) is 0 Å². The van der Waals surface area contributed by atoms with Crippen molar-refractivity contribution in [2.24, 2.45) is 0 Å². The second-order valence-corrected chi connectivity index (χ2v) is 11.3. The van der Waals surface area contributed by atoms with Gasteiger partial charge in [-0.15, -0.1) is 0 Å². The van der Waals surface area contributed by atoms with E-state index in [-0.39, 0.29) is 41.9 Å². The molecule has 0 fully saturated rings. The summed E-state index contributed by atoms with van der Waals surface area (Å²) >= 11 is 0. The summed E-state index contributed by atoms with van der Waals surface area (Å²) in [5.74, 6) is -1.62. The Bertz CT molecular complexity index is 1860. The molecule has 0 heterocycles. The van der Waals surface area contributed by atoms with E-state index in [0.29, 0.717) is 16.7 Å². The largest absolute Gasteiger partial charge is 0.489 e. The number of carbonyl (C=O) groups is 2. The Kier molecular flexibility index (Phi) is 9.37. The van der Waals surface area contributed by atoms with Crippen molar-refractivity contribution in [3.05, 3.63) is 148 Å². The number of carboxylic acid groups (broad SMARTS) is 1. The molecule has 0 aromatic heterocycles. The summed E-state index contributed by atoms with van der Waals surface area (Å²) in [6.45, 7) is 4.01. The maximum atomic E-state index is 13.3. The Morgan fingerprint density at radius 1 is 0.783 bits per heavy atom. The molecule has 5 rings (SSSR count). The highest BCUT2D eigenvalue weighted by atomic mass is 19.4. The van der Waals surface area contributed by atoms with Gasteiger partial charge in [-0.1, -0.05) is 86.6 Å². The van der Waals surface area contributed by atoms with Crippen LogP contribution in [0.4, 0.5) is 17.6 Å². The lowest BCUT2D eigenvalue weighted by Crippen LogP contribution is -2.11. The van der Waals surface area contributed by atoms with Crippen LogP contribution in [0, 0.1) is 5.82 Å². The van der Waals surface area contributed by atoms with Gasteiger partial charge in [0.05, 0.1) is 11.1 Å². The molecule has 0 radical (unpaired) electrons. The SMILES string of the molecule is CC(C)c1cc(CC(=O)c2ccc(-c3ccc(F)cc3)cc2)c(C(=O)O)cc1-c1ccc(COc2cccc(C(F)(F)F)c2)cc1. The van der Waals surface area contributed by atoms with Crippen LogP contribution in [0.3, 0.4) is 0 Å². The first-order valence-electron chi connectivity index (χ1n) is 14.6. The van der Waals surface area contributed by atoms with Gasteiger partial charge in [0.15, 0.2) is 5.78 Å². The van der Waals surface area contributed by atoms with E-state index in [1.165, 1.54) is 24.3 Å². The summed E-state index contributed by atoms with van der Waals surface area (Å²) in [5, 5.41) is 10.1. The number of ketones is 1. The Hall–Kier alpha value is -5.24. The van der Waals surface area contributed by atoms with E-state index in [9.17, 15) is 32.3 Å². The number of hydrogen-bond donors (Lipinski definition) is 1. The van der Waals surface area contributed by atoms with Crippen LogP contribution < -0.4 is 4.74 Å². The van der Waals surface area contributed by atoms with Gasteiger partial charge in [-0.3, -0.25) is 4.79 Å². The van der Waals surface area contributed by atoms with Gasteiger partial charge in [0.2, 0.25) is 0 Å². The van der Waals surface area contributed by atoms with Gasteiger partial charge in [-0.25, -0.2) is 9.18 Å². The average Bonchev–Trinajstić information content (AvgIpc) is 3.04. The lowest BCUT2D eigenvalue weighted by atomic mass is 9.86. The summed E-state index contributed by atoms with van der Waals surface area (Å²) in [4.78, 5) is 25.6. The number of Topliss-reactive ketones (excluding diaryl/α,β-unsaturated/α-hetero) is 1. The summed E-state index contributed by atoms with van der Waals surface area (Å²) in [5.41, 5.74) is 4.74. The number of benzene rings is 5. The van der Waals surface area contributed by atoms with Crippen LogP contribution in [0.5, 0.6) is 5.75 Å². The molecule has 0 saturated carbocycles. The first-order valence-corrected chi connectivity index (χ1v) is 14.6. The van der Waals surface area contributed by atoms with Crippen LogP contribution in [0.1, 0.15) is 62.7 Å². The number of hydrogen-bond acceptors (Lipinski definition) is 3. The molecule has 0 unspecified atom stereocenters. The molecule has 0 bridgehead atoms. The number of carbonyl (C=O) groups excluding carboxylic acids is 1. The van der Waals surface area contributed by atoms with Crippen LogP contribution in [0.25, 0.3) is 22.3 Å². The highest BCUT2D eigenvalue weighted by Crippen LogP contribution is 2.34. The van der Waals surface area contributed by atoms with Crippen molar-refractivity contribution in [2.45, 2.75) is 39.0 Å². The van der Waals surface area contributed by atoms with Gasteiger partial charge >= 0.3 is 12.1 Å². The van der Waals surface area contributed by atoms with Gasteiger partial charge in [-0.2, -0.15) is 13.2 Å². The van der Waals surface area contributed by atoms with Gasteiger partial charge in [-0.05, 0) is 81.3 Å². The van der Waals surface area contributed by atoms with Gasteiger partial charge in [0, 0.05) is 12.0 Å². The van der Waals surface area contributed by atoms with Crippen molar-refractivity contribution in [3.63, 3.8) is 0 Å². The molecule has 0 atom stereocenters. The minimum absolute atomic E-state index is 0.00519. The summed E-state index contributed by atoms with van der Waals surface area (Å²) in [6.07, 6.45) is -4.58. The van der Waals surface area contributed by atoms with Crippen molar-refractivity contribution in [1.82, 2.24) is 0 Å². The van der Waals surface area contributed by atoms with Crippen LogP contribution in [0.15, 0.2) is 109 Å². The zero-order chi connectivity index (χ0) is 33.0. The van der Waals surface area contributed by atoms with E-state index in [1.807, 2.05) is 26.0 Å². The maximum Gasteiger partial charge on any atom is 0.416 e. The number of halogens is 4. The molecule has 5 aromatic rings. The fourth-order valence-corrected chi connectivity index (χ4v) is 5.21. The van der Waals surface area contributed by atoms with E-state index >= 15 is 0 Å². The molecule has 0 spiro atoms. The molecule has 0 amide bonds. The number of carboxylic acids is 1. The lowest BCUT2D eigenvalue weighted by molar-refractivity contribution is -0.137. The van der Waals surface area contributed by atoms with E-state index in [0.717, 1.165) is 39.9 Å². The zero-order valence-electron chi connectivity index (χ0n) is 25.1. The smallest absolute Gasteiger partial charge is 0.416 e. The molecule has 0 aliphatic carbocycles. The summed E-state index contributed by atoms with van der Waals surface area (Å²) in [7, 11) is 0. The third kappa shape index (κ3) is 7.51. The Morgan fingerprint density at radius 2 is 1.39 bits per heavy atom. The quantitative estimate of drug-likeness (QED) is 0.124. The van der Waals surface area contributed by atoms with Crippen molar-refractivity contribution < 1.29 is 37.0 Å². The molecule has 0 saturated heterocycles. The van der Waals surface area contributed by atoms with Gasteiger partial charge in [0.25, 0.3) is 0 Å². The normalized spacial score (nSPS) is 11.5. The Balaban J connectivity index is 1.36. The highest BCUT2D eigenvalue weighted by Gasteiger charge is 2.30. The Morgan fingerprint density at radius 3 is 1.98 bits per heavy atom.